The van der Waals surface area contributed by atoms with Gasteiger partial charge in [-0.1, -0.05) is 5.16 Å². The van der Waals surface area contributed by atoms with E-state index in [1.807, 2.05) is 20.0 Å². The summed E-state index contributed by atoms with van der Waals surface area (Å²) in [6, 6.07) is 3.30. The Labute approximate surface area is 97.0 Å². The number of nitrogens with one attached hydrogen (secondary N) is 1. The van der Waals surface area contributed by atoms with E-state index in [0.29, 0.717) is 12.1 Å². The van der Waals surface area contributed by atoms with E-state index >= 15 is 0 Å². The molecule has 16 heavy (non-hydrogen) atoms. The molecule has 1 aromatic heterocycles. The summed E-state index contributed by atoms with van der Waals surface area (Å²) in [5.41, 5.74) is 0.966. The Hall–Kier alpha value is -0.870. The minimum Gasteiger partial charge on any atom is -0.360 e. The molecule has 2 atom stereocenters. The second-order valence-corrected chi connectivity index (χ2v) is 4.76. The summed E-state index contributed by atoms with van der Waals surface area (Å²) >= 11 is 0. The van der Waals surface area contributed by atoms with Gasteiger partial charge in [-0.15, -0.1) is 0 Å². The quantitative estimate of drug-likeness (QED) is 0.844. The maximum absolute atomic E-state index is 5.26. The Kier molecular flexibility index (Phi) is 3.61. The minimum atomic E-state index is 0.608. The Morgan fingerprint density at radius 2 is 2.44 bits per heavy atom. The summed E-state index contributed by atoms with van der Waals surface area (Å²) in [4.78, 5) is 2.47. The first-order valence-electron chi connectivity index (χ1n) is 6.02. The smallest absolute Gasteiger partial charge is 0.150 e. The van der Waals surface area contributed by atoms with E-state index in [2.05, 4.69) is 22.3 Å². The molecule has 1 fully saturated rings. The van der Waals surface area contributed by atoms with E-state index in [0.717, 1.165) is 24.5 Å². The fraction of sp³-hybridized carbons (Fsp3) is 0.750. The summed E-state index contributed by atoms with van der Waals surface area (Å²) in [6.07, 6.45) is 2.43. The molecule has 0 amide bonds. The predicted molar refractivity (Wildman–Crippen MR) is 63.2 cm³/mol. The molecule has 0 radical (unpaired) electrons. The van der Waals surface area contributed by atoms with E-state index < -0.39 is 0 Å². The monoisotopic (exact) mass is 223 g/mol. The van der Waals surface area contributed by atoms with Crippen LogP contribution in [0.5, 0.6) is 0 Å². The largest absolute Gasteiger partial charge is 0.360 e. The average Bonchev–Trinajstić information content (AvgIpc) is 2.67. The number of aryl methyl sites for hydroxylation is 1. The summed E-state index contributed by atoms with van der Waals surface area (Å²) in [5, 5.41) is 7.28. The zero-order valence-corrected chi connectivity index (χ0v) is 10.4. The van der Waals surface area contributed by atoms with Crippen LogP contribution in [-0.2, 0) is 6.54 Å². The van der Waals surface area contributed by atoms with Gasteiger partial charge in [0.2, 0.25) is 0 Å². The van der Waals surface area contributed by atoms with E-state index in [1.54, 1.807) is 0 Å². The van der Waals surface area contributed by atoms with Crippen molar-refractivity contribution in [2.24, 2.45) is 0 Å². The van der Waals surface area contributed by atoms with Crippen molar-refractivity contribution in [3.8, 4) is 0 Å². The molecule has 0 aromatic carbocycles. The highest BCUT2D eigenvalue weighted by molar-refractivity contribution is 5.03. The van der Waals surface area contributed by atoms with Crippen LogP contribution in [0.4, 0.5) is 0 Å². The van der Waals surface area contributed by atoms with Crippen LogP contribution in [0.25, 0.3) is 0 Å². The number of aromatic nitrogens is 1. The van der Waals surface area contributed by atoms with Gasteiger partial charge in [0.05, 0.1) is 12.2 Å². The molecule has 4 heteroatoms. The Bertz CT molecular complexity index is 337. The first-order valence-corrected chi connectivity index (χ1v) is 6.02. The SMILES string of the molecule is CNC1CCN(Cc2cc(C)no2)C(C)C1. The number of piperidine rings is 1. The van der Waals surface area contributed by atoms with Crippen molar-refractivity contribution >= 4 is 0 Å². The van der Waals surface area contributed by atoms with Crippen molar-refractivity contribution in [1.82, 2.24) is 15.4 Å². The Morgan fingerprint density at radius 3 is 3.00 bits per heavy atom. The molecule has 1 aromatic rings. The molecule has 1 saturated heterocycles. The lowest BCUT2D eigenvalue weighted by atomic mass is 9.98. The van der Waals surface area contributed by atoms with Gasteiger partial charge in [0, 0.05) is 24.7 Å². The first kappa shape index (κ1) is 11.6. The highest BCUT2D eigenvalue weighted by Crippen LogP contribution is 2.19. The zero-order chi connectivity index (χ0) is 11.5. The molecule has 2 unspecified atom stereocenters. The number of nitrogens with zero attached hydrogens (tertiary/aromatic N) is 2. The lowest BCUT2D eigenvalue weighted by molar-refractivity contribution is 0.119. The molecule has 1 aliphatic heterocycles. The molecular weight excluding hydrogens is 202 g/mol. The van der Waals surface area contributed by atoms with Crippen LogP contribution in [0, 0.1) is 6.92 Å². The van der Waals surface area contributed by atoms with Gasteiger partial charge < -0.3 is 9.84 Å². The fourth-order valence-electron chi connectivity index (χ4n) is 2.41. The molecule has 4 nitrogen and oxygen atoms in total. The van der Waals surface area contributed by atoms with Crippen LogP contribution < -0.4 is 5.32 Å². The van der Waals surface area contributed by atoms with Gasteiger partial charge in [-0.05, 0) is 33.7 Å². The summed E-state index contributed by atoms with van der Waals surface area (Å²) in [6.45, 7) is 6.27. The molecular formula is C12H21N3O. The summed E-state index contributed by atoms with van der Waals surface area (Å²) in [5.74, 6) is 0.979. The lowest BCUT2D eigenvalue weighted by Crippen LogP contribution is -2.45. The van der Waals surface area contributed by atoms with Crippen LogP contribution in [0.15, 0.2) is 10.6 Å². The molecule has 1 N–H and O–H groups in total. The summed E-state index contributed by atoms with van der Waals surface area (Å²) < 4.78 is 5.26. The van der Waals surface area contributed by atoms with Crippen molar-refractivity contribution in [2.45, 2.75) is 45.3 Å². The second kappa shape index (κ2) is 4.97. The van der Waals surface area contributed by atoms with Crippen molar-refractivity contribution < 1.29 is 4.52 Å². The van der Waals surface area contributed by atoms with Crippen molar-refractivity contribution in [3.05, 3.63) is 17.5 Å². The predicted octanol–water partition coefficient (Wildman–Crippen LogP) is 1.56. The molecule has 2 heterocycles. The maximum Gasteiger partial charge on any atom is 0.150 e. The van der Waals surface area contributed by atoms with Crippen LogP contribution in [0.3, 0.4) is 0 Å². The normalized spacial score (nSPS) is 27.2. The Morgan fingerprint density at radius 1 is 1.62 bits per heavy atom. The van der Waals surface area contributed by atoms with Gasteiger partial charge in [-0.25, -0.2) is 0 Å². The van der Waals surface area contributed by atoms with E-state index in [-0.39, 0.29) is 0 Å². The standard InChI is InChI=1S/C12H21N3O/c1-9-6-12(16-14-9)8-15-5-4-11(13-3)7-10(15)2/h6,10-11,13H,4-5,7-8H2,1-3H3. The third-order valence-corrected chi connectivity index (χ3v) is 3.46. The molecule has 1 aliphatic rings. The van der Waals surface area contributed by atoms with Gasteiger partial charge in [-0.3, -0.25) is 4.90 Å². The molecule has 0 bridgehead atoms. The highest BCUT2D eigenvalue weighted by atomic mass is 16.5. The highest BCUT2D eigenvalue weighted by Gasteiger charge is 2.25. The number of likely N-dealkylation sites (tertiary alicyclic amines) is 1. The molecule has 90 valence electrons. The third-order valence-electron chi connectivity index (χ3n) is 3.46. The summed E-state index contributed by atoms with van der Waals surface area (Å²) in [7, 11) is 2.05. The van der Waals surface area contributed by atoms with E-state index in [1.165, 1.54) is 12.8 Å². The number of hydrogen-bond donors (Lipinski definition) is 1. The third kappa shape index (κ3) is 2.62. The topological polar surface area (TPSA) is 41.3 Å². The molecule has 2 rings (SSSR count). The minimum absolute atomic E-state index is 0.608. The maximum atomic E-state index is 5.26. The van der Waals surface area contributed by atoms with Crippen molar-refractivity contribution in [3.63, 3.8) is 0 Å². The van der Waals surface area contributed by atoms with Crippen molar-refractivity contribution in [1.29, 1.82) is 0 Å². The van der Waals surface area contributed by atoms with Gasteiger partial charge in [0.1, 0.15) is 0 Å². The molecule has 0 aliphatic carbocycles. The lowest BCUT2D eigenvalue weighted by Gasteiger charge is -2.36. The first-order chi connectivity index (χ1) is 7.69. The second-order valence-electron chi connectivity index (χ2n) is 4.76. The van der Waals surface area contributed by atoms with E-state index in [9.17, 15) is 0 Å². The molecule has 0 spiro atoms. The van der Waals surface area contributed by atoms with Crippen LogP contribution in [0.1, 0.15) is 31.2 Å². The van der Waals surface area contributed by atoms with Crippen LogP contribution in [0.2, 0.25) is 0 Å². The number of hydrogen-bond acceptors (Lipinski definition) is 4. The van der Waals surface area contributed by atoms with Crippen LogP contribution >= 0.6 is 0 Å². The van der Waals surface area contributed by atoms with E-state index in [4.69, 9.17) is 4.52 Å². The fourth-order valence-corrected chi connectivity index (χ4v) is 2.41. The Balaban J connectivity index is 1.91. The van der Waals surface area contributed by atoms with Crippen molar-refractivity contribution in [2.75, 3.05) is 13.6 Å². The van der Waals surface area contributed by atoms with Gasteiger partial charge in [-0.2, -0.15) is 0 Å². The van der Waals surface area contributed by atoms with Gasteiger partial charge >= 0.3 is 0 Å². The molecule has 0 saturated carbocycles. The van der Waals surface area contributed by atoms with Crippen LogP contribution in [-0.4, -0.2) is 35.7 Å². The zero-order valence-electron chi connectivity index (χ0n) is 10.4. The number of rotatable bonds is 3. The average molecular weight is 223 g/mol. The van der Waals surface area contributed by atoms with Gasteiger partial charge in [0.25, 0.3) is 0 Å². The van der Waals surface area contributed by atoms with Gasteiger partial charge in [0.15, 0.2) is 5.76 Å².